The van der Waals surface area contributed by atoms with Gasteiger partial charge in [0.15, 0.2) is 0 Å². The maximum absolute atomic E-state index is 5.44. The topological polar surface area (TPSA) is 75.2 Å². The molecule has 2 aromatic carbocycles. The standard InChI is InChI=1S/C20H22N6O.ClH/c1-15-7-9-17(10-8-15)22-19-23-18(21-16-5-3-2-4-6-16)24-20(25-19)26-11-13-27-14-12-26;/h2-10H,11-14H2,1H3,(H2,21,22,23,24,25);1H. The van der Waals surface area contributed by atoms with Gasteiger partial charge in [0, 0.05) is 24.5 Å². The summed E-state index contributed by atoms with van der Waals surface area (Å²) in [7, 11) is 0. The number of nitrogens with one attached hydrogen (secondary N) is 2. The van der Waals surface area contributed by atoms with Crippen LogP contribution < -0.4 is 15.5 Å². The number of para-hydroxylation sites is 1. The molecule has 28 heavy (non-hydrogen) atoms. The van der Waals surface area contributed by atoms with E-state index < -0.39 is 0 Å². The summed E-state index contributed by atoms with van der Waals surface area (Å²) in [5.74, 6) is 1.66. The van der Waals surface area contributed by atoms with E-state index >= 15 is 0 Å². The van der Waals surface area contributed by atoms with Crippen molar-refractivity contribution in [3.8, 4) is 0 Å². The number of benzene rings is 2. The van der Waals surface area contributed by atoms with Crippen molar-refractivity contribution in [2.45, 2.75) is 6.92 Å². The van der Waals surface area contributed by atoms with E-state index in [9.17, 15) is 0 Å². The molecule has 8 heteroatoms. The van der Waals surface area contributed by atoms with Gasteiger partial charge in [-0.15, -0.1) is 12.4 Å². The summed E-state index contributed by atoms with van der Waals surface area (Å²) < 4.78 is 5.44. The van der Waals surface area contributed by atoms with Gasteiger partial charge in [-0.3, -0.25) is 0 Å². The Morgan fingerprint density at radius 1 is 0.786 bits per heavy atom. The molecule has 1 aliphatic rings. The van der Waals surface area contributed by atoms with E-state index in [0.717, 1.165) is 24.5 Å². The highest BCUT2D eigenvalue weighted by atomic mass is 35.5. The number of ether oxygens (including phenoxy) is 1. The van der Waals surface area contributed by atoms with Crippen molar-refractivity contribution in [1.82, 2.24) is 15.0 Å². The second-order valence-electron chi connectivity index (χ2n) is 6.36. The third-order valence-electron chi connectivity index (χ3n) is 4.26. The molecule has 4 rings (SSSR count). The van der Waals surface area contributed by atoms with Crippen LogP contribution in [0.25, 0.3) is 0 Å². The Morgan fingerprint density at radius 3 is 1.96 bits per heavy atom. The van der Waals surface area contributed by atoms with Crippen LogP contribution in [0.15, 0.2) is 54.6 Å². The van der Waals surface area contributed by atoms with Gasteiger partial charge >= 0.3 is 0 Å². The minimum absolute atomic E-state index is 0. The van der Waals surface area contributed by atoms with E-state index in [-0.39, 0.29) is 12.4 Å². The number of aromatic nitrogens is 3. The first-order chi connectivity index (χ1) is 13.3. The summed E-state index contributed by atoms with van der Waals surface area (Å²) in [6, 6.07) is 18.0. The van der Waals surface area contributed by atoms with Gasteiger partial charge in [0.05, 0.1) is 13.2 Å². The van der Waals surface area contributed by atoms with Crippen molar-refractivity contribution in [3.63, 3.8) is 0 Å². The number of rotatable bonds is 5. The predicted molar refractivity (Wildman–Crippen MR) is 114 cm³/mol. The fraction of sp³-hybridized carbons (Fsp3) is 0.250. The van der Waals surface area contributed by atoms with Crippen molar-refractivity contribution in [2.75, 3.05) is 41.8 Å². The molecular formula is C20H23ClN6O. The number of anilines is 5. The second kappa shape index (κ2) is 9.34. The largest absolute Gasteiger partial charge is 0.378 e. The van der Waals surface area contributed by atoms with Gasteiger partial charge in [0.25, 0.3) is 0 Å². The summed E-state index contributed by atoms with van der Waals surface area (Å²) in [6.45, 7) is 4.93. The van der Waals surface area contributed by atoms with Crippen LogP contribution in [0.5, 0.6) is 0 Å². The lowest BCUT2D eigenvalue weighted by Crippen LogP contribution is -2.37. The van der Waals surface area contributed by atoms with E-state index in [4.69, 9.17) is 4.74 Å². The molecule has 1 aromatic heterocycles. The van der Waals surface area contributed by atoms with Crippen molar-refractivity contribution < 1.29 is 4.74 Å². The molecule has 0 aliphatic carbocycles. The number of hydrogen-bond donors (Lipinski definition) is 2. The summed E-state index contributed by atoms with van der Waals surface area (Å²) in [6.07, 6.45) is 0. The molecule has 0 saturated carbocycles. The first-order valence-corrected chi connectivity index (χ1v) is 9.01. The Morgan fingerprint density at radius 2 is 1.36 bits per heavy atom. The van der Waals surface area contributed by atoms with Crippen molar-refractivity contribution >= 4 is 41.6 Å². The normalized spacial score (nSPS) is 13.5. The van der Waals surface area contributed by atoms with E-state index in [1.165, 1.54) is 5.56 Å². The van der Waals surface area contributed by atoms with E-state index in [1.807, 2.05) is 42.5 Å². The lowest BCUT2D eigenvalue weighted by Gasteiger charge is -2.27. The van der Waals surface area contributed by atoms with Crippen LogP contribution in [0.4, 0.5) is 29.2 Å². The molecule has 0 radical (unpaired) electrons. The molecule has 0 amide bonds. The van der Waals surface area contributed by atoms with Gasteiger partial charge in [-0.2, -0.15) is 15.0 Å². The maximum Gasteiger partial charge on any atom is 0.233 e. The monoisotopic (exact) mass is 398 g/mol. The molecule has 2 heterocycles. The van der Waals surface area contributed by atoms with Crippen LogP contribution >= 0.6 is 12.4 Å². The second-order valence-corrected chi connectivity index (χ2v) is 6.36. The molecule has 1 aliphatic heterocycles. The third kappa shape index (κ3) is 5.09. The average Bonchev–Trinajstić information content (AvgIpc) is 2.71. The number of hydrogen-bond acceptors (Lipinski definition) is 7. The van der Waals surface area contributed by atoms with E-state index in [1.54, 1.807) is 0 Å². The first kappa shape index (κ1) is 19.9. The van der Waals surface area contributed by atoms with Crippen molar-refractivity contribution in [1.29, 1.82) is 0 Å². The lowest BCUT2D eigenvalue weighted by atomic mass is 10.2. The number of aryl methyl sites for hydroxylation is 1. The molecular weight excluding hydrogens is 376 g/mol. The van der Waals surface area contributed by atoms with Gasteiger partial charge in [0.1, 0.15) is 0 Å². The fourth-order valence-electron chi connectivity index (χ4n) is 2.80. The smallest absolute Gasteiger partial charge is 0.233 e. The Kier molecular flexibility index (Phi) is 6.62. The van der Waals surface area contributed by atoms with Crippen molar-refractivity contribution in [3.05, 3.63) is 60.2 Å². The molecule has 0 atom stereocenters. The zero-order valence-corrected chi connectivity index (χ0v) is 16.4. The van der Waals surface area contributed by atoms with Crippen LogP contribution in [-0.2, 0) is 4.74 Å². The molecule has 3 aromatic rings. The third-order valence-corrected chi connectivity index (χ3v) is 4.26. The van der Waals surface area contributed by atoms with E-state index in [2.05, 4.69) is 49.5 Å². The summed E-state index contributed by atoms with van der Waals surface area (Å²) in [4.78, 5) is 15.9. The zero-order valence-electron chi connectivity index (χ0n) is 15.6. The average molecular weight is 399 g/mol. The fourth-order valence-corrected chi connectivity index (χ4v) is 2.80. The molecule has 1 saturated heterocycles. The molecule has 2 N–H and O–H groups in total. The maximum atomic E-state index is 5.44. The SMILES string of the molecule is Cc1ccc(Nc2nc(Nc3ccccc3)nc(N3CCOCC3)n2)cc1.Cl. The molecule has 7 nitrogen and oxygen atoms in total. The molecule has 146 valence electrons. The highest BCUT2D eigenvalue weighted by Crippen LogP contribution is 2.21. The van der Waals surface area contributed by atoms with Crippen LogP contribution in [0.3, 0.4) is 0 Å². The molecule has 0 unspecified atom stereocenters. The zero-order chi connectivity index (χ0) is 18.5. The molecule has 0 bridgehead atoms. The van der Waals surface area contributed by atoms with Gasteiger partial charge in [-0.1, -0.05) is 35.9 Å². The molecule has 0 spiro atoms. The summed E-state index contributed by atoms with van der Waals surface area (Å²) in [5, 5.41) is 6.54. The van der Waals surface area contributed by atoms with Crippen LogP contribution in [-0.4, -0.2) is 41.3 Å². The Balaban J connectivity index is 0.00000225. The summed E-state index contributed by atoms with van der Waals surface area (Å²) >= 11 is 0. The molecule has 1 fully saturated rings. The Labute approximate surface area is 170 Å². The minimum Gasteiger partial charge on any atom is -0.378 e. The number of morpholine rings is 1. The minimum atomic E-state index is 0. The van der Waals surface area contributed by atoms with Crippen LogP contribution in [0.1, 0.15) is 5.56 Å². The Bertz CT molecular complexity index is 885. The first-order valence-electron chi connectivity index (χ1n) is 9.01. The Hall–Kier alpha value is -2.90. The van der Waals surface area contributed by atoms with Gasteiger partial charge in [-0.25, -0.2) is 0 Å². The summed E-state index contributed by atoms with van der Waals surface area (Å²) in [5.41, 5.74) is 3.07. The number of halogens is 1. The van der Waals surface area contributed by atoms with Crippen LogP contribution in [0.2, 0.25) is 0 Å². The van der Waals surface area contributed by atoms with Gasteiger partial charge in [0.2, 0.25) is 17.8 Å². The van der Waals surface area contributed by atoms with Gasteiger partial charge in [-0.05, 0) is 31.2 Å². The van der Waals surface area contributed by atoms with Crippen molar-refractivity contribution in [2.24, 2.45) is 0 Å². The van der Waals surface area contributed by atoms with Crippen LogP contribution in [0, 0.1) is 6.92 Å². The number of nitrogens with zero attached hydrogens (tertiary/aromatic N) is 4. The van der Waals surface area contributed by atoms with E-state index in [0.29, 0.717) is 31.1 Å². The highest BCUT2D eigenvalue weighted by molar-refractivity contribution is 5.85. The predicted octanol–water partition coefficient (Wildman–Crippen LogP) is 3.93. The lowest BCUT2D eigenvalue weighted by molar-refractivity contribution is 0.122. The quantitative estimate of drug-likeness (QED) is 0.674. The van der Waals surface area contributed by atoms with Gasteiger partial charge < -0.3 is 20.3 Å². The highest BCUT2D eigenvalue weighted by Gasteiger charge is 2.17.